The van der Waals surface area contributed by atoms with Gasteiger partial charge in [-0.3, -0.25) is 4.79 Å². The van der Waals surface area contributed by atoms with Crippen molar-refractivity contribution >= 4 is 0 Å². The average Bonchev–Trinajstić information content (AvgIpc) is 2.72. The lowest BCUT2D eigenvalue weighted by Gasteiger charge is -2.14. The maximum absolute atomic E-state index is 12.5. The molecule has 3 nitrogen and oxygen atoms in total. The Morgan fingerprint density at radius 3 is 2.76 bits per heavy atom. The van der Waals surface area contributed by atoms with Gasteiger partial charge in [-0.25, -0.2) is 0 Å². The van der Waals surface area contributed by atoms with E-state index in [9.17, 15) is 18.0 Å². The van der Waals surface area contributed by atoms with Crippen LogP contribution in [0.15, 0.2) is 23.1 Å². The molecule has 0 saturated carbocycles. The fourth-order valence-electron chi connectivity index (χ4n) is 1.99. The van der Waals surface area contributed by atoms with E-state index in [4.69, 9.17) is 0 Å². The summed E-state index contributed by atoms with van der Waals surface area (Å²) in [6, 6.07) is 1.88. The third-order valence-corrected chi connectivity index (χ3v) is 2.89. The van der Waals surface area contributed by atoms with Crippen LogP contribution in [0.4, 0.5) is 13.2 Å². The zero-order valence-electron chi connectivity index (χ0n) is 9.13. The molecule has 1 atom stereocenters. The maximum atomic E-state index is 12.5. The van der Waals surface area contributed by atoms with Crippen molar-refractivity contribution in [1.29, 1.82) is 0 Å². The SMILES string of the molecule is O=c1ccc(C(F)(F)F)cn1C[C@H]1CCCN1. The second-order valence-electron chi connectivity index (χ2n) is 4.20. The molecule has 0 bridgehead atoms. The van der Waals surface area contributed by atoms with Crippen LogP contribution >= 0.6 is 0 Å². The molecule has 0 radical (unpaired) electrons. The van der Waals surface area contributed by atoms with Gasteiger partial charge in [-0.1, -0.05) is 0 Å². The van der Waals surface area contributed by atoms with Crippen molar-refractivity contribution in [2.75, 3.05) is 6.54 Å². The van der Waals surface area contributed by atoms with Gasteiger partial charge in [0, 0.05) is 24.8 Å². The third-order valence-electron chi connectivity index (χ3n) is 2.89. The predicted molar refractivity (Wildman–Crippen MR) is 56.7 cm³/mol. The molecule has 0 spiro atoms. The van der Waals surface area contributed by atoms with Crippen LogP contribution in [0.25, 0.3) is 0 Å². The van der Waals surface area contributed by atoms with Crippen molar-refractivity contribution in [2.45, 2.75) is 31.6 Å². The van der Waals surface area contributed by atoms with Crippen LogP contribution in [0, 0.1) is 0 Å². The lowest BCUT2D eigenvalue weighted by Crippen LogP contribution is -2.32. The van der Waals surface area contributed by atoms with Crippen LogP contribution in [0.3, 0.4) is 0 Å². The first-order valence-corrected chi connectivity index (χ1v) is 5.48. The molecule has 1 aromatic heterocycles. The largest absolute Gasteiger partial charge is 0.417 e. The first kappa shape index (κ1) is 12.2. The zero-order valence-corrected chi connectivity index (χ0v) is 9.13. The molecule has 1 N–H and O–H groups in total. The molecule has 2 heterocycles. The molecule has 6 heteroatoms. The Morgan fingerprint density at radius 2 is 2.18 bits per heavy atom. The van der Waals surface area contributed by atoms with Crippen molar-refractivity contribution in [3.63, 3.8) is 0 Å². The van der Waals surface area contributed by atoms with Crippen LogP contribution in [0.2, 0.25) is 0 Å². The Balaban J connectivity index is 2.23. The Kier molecular flexibility index (Phi) is 3.24. The minimum Gasteiger partial charge on any atom is -0.313 e. The summed E-state index contributed by atoms with van der Waals surface area (Å²) in [5.41, 5.74) is -1.18. The number of aromatic nitrogens is 1. The molecule has 0 aromatic carbocycles. The molecule has 1 aliphatic heterocycles. The number of halogens is 3. The van der Waals surface area contributed by atoms with Gasteiger partial charge in [0.25, 0.3) is 5.56 Å². The molecule has 0 unspecified atom stereocenters. The number of pyridine rings is 1. The maximum Gasteiger partial charge on any atom is 0.417 e. The summed E-state index contributed by atoms with van der Waals surface area (Å²) in [5.74, 6) is 0. The average molecular weight is 246 g/mol. The van der Waals surface area contributed by atoms with Gasteiger partial charge in [0.05, 0.1) is 5.56 Å². The van der Waals surface area contributed by atoms with Gasteiger partial charge < -0.3 is 9.88 Å². The predicted octanol–water partition coefficient (Wildman–Crippen LogP) is 1.62. The number of hydrogen-bond acceptors (Lipinski definition) is 2. The standard InChI is InChI=1S/C11H13F3N2O/c12-11(13,14)8-3-4-10(17)16(6-8)7-9-2-1-5-15-9/h3-4,6,9,15H,1-2,5,7H2/t9-/m1/s1. The molecule has 1 fully saturated rings. The molecule has 2 rings (SSSR count). The summed E-state index contributed by atoms with van der Waals surface area (Å²) in [6.07, 6.45) is -1.62. The van der Waals surface area contributed by atoms with Gasteiger partial charge in [-0.15, -0.1) is 0 Å². The van der Waals surface area contributed by atoms with E-state index in [1.807, 2.05) is 0 Å². The van der Waals surface area contributed by atoms with Gasteiger partial charge in [0.2, 0.25) is 0 Å². The first-order valence-electron chi connectivity index (χ1n) is 5.48. The fraction of sp³-hybridized carbons (Fsp3) is 0.545. The quantitative estimate of drug-likeness (QED) is 0.860. The number of nitrogens with one attached hydrogen (secondary N) is 1. The Hall–Kier alpha value is -1.30. The Bertz CT molecular complexity index is 447. The van der Waals surface area contributed by atoms with E-state index in [-0.39, 0.29) is 6.04 Å². The van der Waals surface area contributed by atoms with Crippen LogP contribution in [0.5, 0.6) is 0 Å². The zero-order chi connectivity index (χ0) is 12.5. The topological polar surface area (TPSA) is 34.0 Å². The van der Waals surface area contributed by atoms with E-state index in [0.717, 1.165) is 42.3 Å². The van der Waals surface area contributed by atoms with Gasteiger partial charge in [0.15, 0.2) is 0 Å². The van der Waals surface area contributed by atoms with Gasteiger partial charge in [0.1, 0.15) is 0 Å². The molecule has 0 amide bonds. The van der Waals surface area contributed by atoms with Crippen molar-refractivity contribution in [2.24, 2.45) is 0 Å². The van der Waals surface area contributed by atoms with E-state index in [1.165, 1.54) is 0 Å². The van der Waals surface area contributed by atoms with Gasteiger partial charge in [-0.05, 0) is 25.5 Å². The number of alkyl halides is 3. The highest BCUT2D eigenvalue weighted by Gasteiger charge is 2.31. The second-order valence-corrected chi connectivity index (χ2v) is 4.20. The van der Waals surface area contributed by atoms with Gasteiger partial charge in [-0.2, -0.15) is 13.2 Å². The summed E-state index contributed by atoms with van der Waals surface area (Å²) >= 11 is 0. The Morgan fingerprint density at radius 1 is 1.41 bits per heavy atom. The van der Waals surface area contributed by atoms with Gasteiger partial charge >= 0.3 is 6.18 Å². The second kappa shape index (κ2) is 4.52. The smallest absolute Gasteiger partial charge is 0.313 e. The lowest BCUT2D eigenvalue weighted by molar-refractivity contribution is -0.138. The minimum absolute atomic E-state index is 0.0937. The van der Waals surface area contributed by atoms with Crippen LogP contribution in [0.1, 0.15) is 18.4 Å². The monoisotopic (exact) mass is 246 g/mol. The molecule has 17 heavy (non-hydrogen) atoms. The summed E-state index contributed by atoms with van der Waals surface area (Å²) in [4.78, 5) is 11.5. The highest BCUT2D eigenvalue weighted by Crippen LogP contribution is 2.28. The number of rotatable bonds is 2. The van der Waals surface area contributed by atoms with Crippen molar-refractivity contribution in [1.82, 2.24) is 9.88 Å². The van der Waals surface area contributed by atoms with Crippen molar-refractivity contribution in [3.8, 4) is 0 Å². The van der Waals surface area contributed by atoms with Crippen LogP contribution < -0.4 is 10.9 Å². The summed E-state index contributed by atoms with van der Waals surface area (Å²) in [5, 5.41) is 3.15. The van der Waals surface area contributed by atoms with E-state index >= 15 is 0 Å². The van der Waals surface area contributed by atoms with Crippen molar-refractivity contribution in [3.05, 3.63) is 34.2 Å². The molecule has 1 aromatic rings. The minimum atomic E-state index is -4.40. The number of hydrogen-bond donors (Lipinski definition) is 1. The first-order chi connectivity index (χ1) is 7.97. The van der Waals surface area contributed by atoms with Crippen LogP contribution in [-0.4, -0.2) is 17.2 Å². The Labute approximate surface area is 96.3 Å². The van der Waals surface area contributed by atoms with E-state index in [1.54, 1.807) is 0 Å². The highest BCUT2D eigenvalue weighted by molar-refractivity contribution is 5.13. The molecular weight excluding hydrogens is 233 g/mol. The van der Waals surface area contributed by atoms with Crippen LogP contribution in [-0.2, 0) is 12.7 Å². The molecule has 94 valence electrons. The molecular formula is C11H13F3N2O. The molecule has 1 aliphatic rings. The summed E-state index contributed by atoms with van der Waals surface area (Å²) < 4.78 is 38.6. The normalized spacial score (nSPS) is 20.8. The molecule has 0 aliphatic carbocycles. The lowest BCUT2D eigenvalue weighted by atomic mass is 10.2. The fourth-order valence-corrected chi connectivity index (χ4v) is 1.99. The summed E-state index contributed by atoms with van der Waals surface area (Å²) in [6.45, 7) is 1.15. The van der Waals surface area contributed by atoms with Crippen molar-refractivity contribution < 1.29 is 13.2 Å². The third kappa shape index (κ3) is 2.88. The summed E-state index contributed by atoms with van der Waals surface area (Å²) in [7, 11) is 0. The molecule has 1 saturated heterocycles. The number of nitrogens with zero attached hydrogens (tertiary/aromatic N) is 1. The van der Waals surface area contributed by atoms with E-state index in [2.05, 4.69) is 5.32 Å². The highest BCUT2D eigenvalue weighted by atomic mass is 19.4. The van der Waals surface area contributed by atoms with E-state index < -0.39 is 17.3 Å². The van der Waals surface area contributed by atoms with E-state index in [0.29, 0.717) is 6.54 Å².